The van der Waals surface area contributed by atoms with E-state index in [4.69, 9.17) is 5.73 Å². The second kappa shape index (κ2) is 6.59. The summed E-state index contributed by atoms with van der Waals surface area (Å²) in [6.45, 7) is 0.439. The molecule has 2 aromatic carbocycles. The lowest BCUT2D eigenvalue weighted by Gasteiger charge is -2.07. The third kappa shape index (κ3) is 3.16. The third-order valence-corrected chi connectivity index (χ3v) is 3.58. The van der Waals surface area contributed by atoms with Crippen LogP contribution in [0.15, 0.2) is 54.6 Å². The van der Waals surface area contributed by atoms with Crippen LogP contribution in [0.5, 0.6) is 0 Å². The number of hydrogen-bond acceptors (Lipinski definition) is 4. The Morgan fingerprint density at radius 1 is 1.17 bits per heavy atom. The standard InChI is InChI=1S/C17H15FN4O2/c18-13-4-6-15(7-5-13)21-17(11-14(20-21)8-9-19)12-2-1-3-16(10-12)22(23)24/h1-7,10-11H,8-9,19H2. The molecule has 3 aromatic rings. The second-order valence-electron chi connectivity index (χ2n) is 5.26. The van der Waals surface area contributed by atoms with Crippen LogP contribution in [-0.4, -0.2) is 21.2 Å². The molecule has 0 radical (unpaired) electrons. The first kappa shape index (κ1) is 15.8. The van der Waals surface area contributed by atoms with E-state index in [1.54, 1.807) is 28.9 Å². The van der Waals surface area contributed by atoms with E-state index < -0.39 is 4.92 Å². The maximum Gasteiger partial charge on any atom is 0.270 e. The van der Waals surface area contributed by atoms with E-state index in [9.17, 15) is 14.5 Å². The van der Waals surface area contributed by atoms with Gasteiger partial charge >= 0.3 is 0 Å². The molecule has 0 unspecified atom stereocenters. The van der Waals surface area contributed by atoms with Crippen LogP contribution in [-0.2, 0) is 6.42 Å². The molecule has 0 aliphatic carbocycles. The molecule has 2 N–H and O–H groups in total. The van der Waals surface area contributed by atoms with Gasteiger partial charge in [0.05, 0.1) is 22.0 Å². The highest BCUT2D eigenvalue weighted by atomic mass is 19.1. The monoisotopic (exact) mass is 326 g/mol. The fourth-order valence-electron chi connectivity index (χ4n) is 2.46. The van der Waals surface area contributed by atoms with E-state index in [-0.39, 0.29) is 11.5 Å². The van der Waals surface area contributed by atoms with Gasteiger partial charge in [-0.05, 0) is 36.9 Å². The molecule has 0 fully saturated rings. The number of nitrogens with two attached hydrogens (primary N) is 1. The number of rotatable bonds is 5. The zero-order valence-electron chi connectivity index (χ0n) is 12.7. The predicted molar refractivity (Wildman–Crippen MR) is 88.4 cm³/mol. The Morgan fingerprint density at radius 2 is 1.92 bits per heavy atom. The molecule has 122 valence electrons. The quantitative estimate of drug-likeness (QED) is 0.576. The average molecular weight is 326 g/mol. The van der Waals surface area contributed by atoms with Gasteiger partial charge in [-0.3, -0.25) is 10.1 Å². The van der Waals surface area contributed by atoms with E-state index >= 15 is 0 Å². The molecule has 1 heterocycles. The molecule has 0 atom stereocenters. The van der Waals surface area contributed by atoms with Crippen LogP contribution >= 0.6 is 0 Å². The summed E-state index contributed by atoms with van der Waals surface area (Å²) in [6, 6.07) is 14.1. The number of nitrogens with zero attached hydrogens (tertiary/aromatic N) is 3. The molecule has 0 saturated heterocycles. The summed E-state index contributed by atoms with van der Waals surface area (Å²) in [5.74, 6) is -0.343. The number of non-ortho nitro benzene ring substituents is 1. The number of hydrogen-bond donors (Lipinski definition) is 1. The highest BCUT2D eigenvalue weighted by Crippen LogP contribution is 2.27. The highest BCUT2D eigenvalue weighted by Gasteiger charge is 2.14. The normalized spacial score (nSPS) is 10.8. The molecule has 3 rings (SSSR count). The predicted octanol–water partition coefficient (Wildman–Crippen LogP) is 3.09. The lowest BCUT2D eigenvalue weighted by atomic mass is 10.1. The van der Waals surface area contributed by atoms with E-state index in [1.165, 1.54) is 24.3 Å². The van der Waals surface area contributed by atoms with Crippen molar-refractivity contribution in [3.63, 3.8) is 0 Å². The summed E-state index contributed by atoms with van der Waals surface area (Å²) >= 11 is 0. The van der Waals surface area contributed by atoms with E-state index in [2.05, 4.69) is 5.10 Å². The zero-order valence-corrected chi connectivity index (χ0v) is 12.7. The summed E-state index contributed by atoms with van der Waals surface area (Å²) in [6.07, 6.45) is 0.579. The van der Waals surface area contributed by atoms with Crippen molar-refractivity contribution in [3.8, 4) is 16.9 Å². The number of aromatic nitrogens is 2. The molecule has 0 spiro atoms. The number of halogens is 1. The lowest BCUT2D eigenvalue weighted by molar-refractivity contribution is -0.384. The number of nitro groups is 1. The van der Waals surface area contributed by atoms with Crippen LogP contribution in [0, 0.1) is 15.9 Å². The summed E-state index contributed by atoms with van der Waals surface area (Å²) in [7, 11) is 0. The van der Waals surface area contributed by atoms with Crippen molar-refractivity contribution < 1.29 is 9.31 Å². The van der Waals surface area contributed by atoms with Gasteiger partial charge in [-0.2, -0.15) is 5.10 Å². The Morgan fingerprint density at radius 3 is 2.58 bits per heavy atom. The van der Waals surface area contributed by atoms with Gasteiger partial charge in [0.2, 0.25) is 0 Å². The molecule has 1 aromatic heterocycles. The molecule has 0 bridgehead atoms. The second-order valence-corrected chi connectivity index (χ2v) is 5.26. The molecule has 0 aliphatic heterocycles. The first-order valence-corrected chi connectivity index (χ1v) is 7.38. The van der Waals surface area contributed by atoms with Crippen molar-refractivity contribution in [1.82, 2.24) is 9.78 Å². The first-order valence-electron chi connectivity index (χ1n) is 7.38. The van der Waals surface area contributed by atoms with Crippen molar-refractivity contribution in [1.29, 1.82) is 0 Å². The van der Waals surface area contributed by atoms with Gasteiger partial charge in [-0.1, -0.05) is 12.1 Å². The van der Waals surface area contributed by atoms with Crippen molar-refractivity contribution in [3.05, 3.63) is 76.2 Å². The lowest BCUT2D eigenvalue weighted by Crippen LogP contribution is -2.04. The Labute approximate surface area is 137 Å². The molecule has 24 heavy (non-hydrogen) atoms. The van der Waals surface area contributed by atoms with Crippen LogP contribution in [0.25, 0.3) is 16.9 Å². The molecule has 0 aliphatic rings. The summed E-state index contributed by atoms with van der Waals surface area (Å²) in [5.41, 5.74) is 8.37. The minimum absolute atomic E-state index is 0.000249. The topological polar surface area (TPSA) is 87.0 Å². The molecule has 6 nitrogen and oxygen atoms in total. The van der Waals surface area contributed by atoms with Crippen LogP contribution in [0.2, 0.25) is 0 Å². The number of nitro benzene ring substituents is 1. The summed E-state index contributed by atoms with van der Waals surface area (Å²) < 4.78 is 14.8. The fraction of sp³-hybridized carbons (Fsp3) is 0.118. The maximum absolute atomic E-state index is 13.2. The highest BCUT2D eigenvalue weighted by molar-refractivity contribution is 5.65. The average Bonchev–Trinajstić information content (AvgIpc) is 3.00. The smallest absolute Gasteiger partial charge is 0.270 e. The molecular weight excluding hydrogens is 311 g/mol. The largest absolute Gasteiger partial charge is 0.330 e. The van der Waals surface area contributed by atoms with E-state index in [0.29, 0.717) is 29.9 Å². The van der Waals surface area contributed by atoms with Gasteiger partial charge in [0, 0.05) is 24.1 Å². The Hall–Kier alpha value is -3.06. The van der Waals surface area contributed by atoms with Gasteiger partial charge < -0.3 is 5.73 Å². The van der Waals surface area contributed by atoms with Crippen molar-refractivity contribution >= 4 is 5.69 Å². The van der Waals surface area contributed by atoms with Gasteiger partial charge in [0.15, 0.2) is 0 Å². The minimum Gasteiger partial charge on any atom is -0.330 e. The summed E-state index contributed by atoms with van der Waals surface area (Å²) in [5, 5.41) is 15.5. The Bertz CT molecular complexity index is 875. The van der Waals surface area contributed by atoms with Crippen molar-refractivity contribution in [2.75, 3.05) is 6.54 Å². The number of benzene rings is 2. The van der Waals surface area contributed by atoms with Crippen molar-refractivity contribution in [2.45, 2.75) is 6.42 Å². The fourth-order valence-corrected chi connectivity index (χ4v) is 2.46. The first-order chi connectivity index (χ1) is 11.6. The van der Waals surface area contributed by atoms with E-state index in [1.807, 2.05) is 6.07 Å². The van der Waals surface area contributed by atoms with Crippen LogP contribution in [0.1, 0.15) is 5.69 Å². The van der Waals surface area contributed by atoms with Crippen LogP contribution < -0.4 is 5.73 Å². The molecule has 7 heteroatoms. The zero-order chi connectivity index (χ0) is 17.1. The van der Waals surface area contributed by atoms with Gasteiger partial charge in [0.25, 0.3) is 5.69 Å². The van der Waals surface area contributed by atoms with Crippen LogP contribution in [0.4, 0.5) is 10.1 Å². The minimum atomic E-state index is -0.442. The van der Waals surface area contributed by atoms with Gasteiger partial charge in [-0.25, -0.2) is 9.07 Å². The van der Waals surface area contributed by atoms with Crippen LogP contribution in [0.3, 0.4) is 0 Å². The Balaban J connectivity index is 2.14. The summed E-state index contributed by atoms with van der Waals surface area (Å²) in [4.78, 5) is 10.6. The third-order valence-electron chi connectivity index (χ3n) is 3.58. The maximum atomic E-state index is 13.2. The SMILES string of the molecule is NCCc1cc(-c2cccc([N+](=O)[O-])c2)n(-c2ccc(F)cc2)n1. The molecule has 0 saturated carbocycles. The molecular formula is C17H15FN4O2. The van der Waals surface area contributed by atoms with Gasteiger partial charge in [0.1, 0.15) is 5.82 Å². The van der Waals surface area contributed by atoms with E-state index in [0.717, 1.165) is 5.69 Å². The molecule has 0 amide bonds. The van der Waals surface area contributed by atoms with Crippen molar-refractivity contribution in [2.24, 2.45) is 5.73 Å². The van der Waals surface area contributed by atoms with Gasteiger partial charge in [-0.15, -0.1) is 0 Å². The Kier molecular flexibility index (Phi) is 4.35.